The van der Waals surface area contributed by atoms with Crippen molar-refractivity contribution in [2.75, 3.05) is 13.1 Å². The van der Waals surface area contributed by atoms with E-state index >= 15 is 0 Å². The Labute approximate surface area is 173 Å². The molecule has 0 saturated carbocycles. The molecule has 2 aliphatic heterocycles. The van der Waals surface area contributed by atoms with Gasteiger partial charge in [0, 0.05) is 31.1 Å². The number of likely N-dealkylation sites (tertiary alicyclic amines) is 2. The summed E-state index contributed by atoms with van der Waals surface area (Å²) >= 11 is 0. The average molecular weight is 422 g/mol. The predicted octanol–water partition coefficient (Wildman–Crippen LogP) is 4.29. The number of alkyl halides is 3. The summed E-state index contributed by atoms with van der Waals surface area (Å²) < 4.78 is 44.4. The first kappa shape index (κ1) is 20.8. The Morgan fingerprint density at radius 1 is 1.20 bits per heavy atom. The van der Waals surface area contributed by atoms with E-state index in [-0.39, 0.29) is 35.4 Å². The van der Waals surface area contributed by atoms with Crippen molar-refractivity contribution >= 4 is 5.91 Å². The van der Waals surface area contributed by atoms with Gasteiger partial charge in [0.1, 0.15) is 0 Å². The Hall–Kier alpha value is -2.42. The second-order valence-corrected chi connectivity index (χ2v) is 8.08. The minimum absolute atomic E-state index is 0.0987. The lowest BCUT2D eigenvalue weighted by molar-refractivity contribution is -0.137. The van der Waals surface area contributed by atoms with Gasteiger partial charge in [-0.1, -0.05) is 17.3 Å². The third-order valence-electron chi connectivity index (χ3n) is 6.23. The van der Waals surface area contributed by atoms with E-state index in [9.17, 15) is 18.0 Å². The Morgan fingerprint density at radius 3 is 2.67 bits per heavy atom. The van der Waals surface area contributed by atoms with Crippen LogP contribution in [0.2, 0.25) is 0 Å². The molecule has 2 aromatic rings. The van der Waals surface area contributed by atoms with Gasteiger partial charge in [0.25, 0.3) is 0 Å². The first-order valence-electron chi connectivity index (χ1n) is 10.3. The molecule has 0 radical (unpaired) electrons. The van der Waals surface area contributed by atoms with E-state index in [0.717, 1.165) is 50.9 Å². The predicted molar refractivity (Wildman–Crippen MR) is 103 cm³/mol. The van der Waals surface area contributed by atoms with Gasteiger partial charge in [-0.3, -0.25) is 9.69 Å². The fourth-order valence-corrected chi connectivity index (χ4v) is 4.79. The van der Waals surface area contributed by atoms with Crippen LogP contribution in [0.1, 0.15) is 57.0 Å². The van der Waals surface area contributed by atoms with Crippen molar-refractivity contribution in [1.82, 2.24) is 19.9 Å². The van der Waals surface area contributed by atoms with Crippen LogP contribution in [-0.4, -0.2) is 51.0 Å². The molecule has 3 atom stereocenters. The topological polar surface area (TPSA) is 62.5 Å². The minimum Gasteiger partial charge on any atom is -0.338 e. The van der Waals surface area contributed by atoms with E-state index in [0.29, 0.717) is 5.89 Å². The molecule has 0 spiro atoms. The van der Waals surface area contributed by atoms with Gasteiger partial charge in [0.15, 0.2) is 0 Å². The summed E-state index contributed by atoms with van der Waals surface area (Å²) in [5.74, 6) is 0.619. The average Bonchev–Trinajstić information content (AvgIpc) is 3.46. The summed E-state index contributed by atoms with van der Waals surface area (Å²) in [4.78, 5) is 20.6. The van der Waals surface area contributed by atoms with Crippen LogP contribution in [-0.2, 0) is 11.0 Å². The molecule has 9 heteroatoms. The maximum absolute atomic E-state index is 13.0. The van der Waals surface area contributed by atoms with Gasteiger partial charge in [-0.15, -0.1) is 0 Å². The largest absolute Gasteiger partial charge is 0.416 e. The van der Waals surface area contributed by atoms with Gasteiger partial charge in [-0.25, -0.2) is 0 Å². The highest BCUT2D eigenvalue weighted by molar-refractivity contribution is 5.74. The lowest BCUT2D eigenvalue weighted by Crippen LogP contribution is -2.48. The van der Waals surface area contributed by atoms with Crippen molar-refractivity contribution in [3.63, 3.8) is 0 Å². The second kappa shape index (κ2) is 8.02. The number of benzene rings is 1. The smallest absolute Gasteiger partial charge is 0.338 e. The zero-order chi connectivity index (χ0) is 21.5. The van der Waals surface area contributed by atoms with Gasteiger partial charge in [0.2, 0.25) is 17.6 Å². The van der Waals surface area contributed by atoms with Crippen molar-refractivity contribution in [1.29, 1.82) is 0 Å². The number of nitrogens with zero attached hydrogens (tertiary/aromatic N) is 4. The molecule has 2 aliphatic rings. The second-order valence-electron chi connectivity index (χ2n) is 8.08. The Balaban J connectivity index is 1.54. The molecule has 0 bridgehead atoms. The van der Waals surface area contributed by atoms with Crippen LogP contribution >= 0.6 is 0 Å². The molecule has 1 aromatic carbocycles. The Morgan fingerprint density at radius 2 is 1.93 bits per heavy atom. The normalized spacial score (nSPS) is 23.8. The van der Waals surface area contributed by atoms with Crippen LogP contribution in [0.5, 0.6) is 0 Å². The fourth-order valence-electron chi connectivity index (χ4n) is 4.79. The van der Waals surface area contributed by atoms with Crippen LogP contribution in [0.25, 0.3) is 11.4 Å². The molecule has 3 heterocycles. The third kappa shape index (κ3) is 3.95. The standard InChI is InChI=1S/C21H25F3N4O2/c1-13(27-10-4-8-17(27)18-9-5-11-28(18)14(2)29)20-25-19(26-30-20)15-6-3-7-16(12-15)21(22,23)24/h3,6-7,12-13,17-18H,4-5,8-11H2,1-2H3. The molecule has 2 fully saturated rings. The van der Waals surface area contributed by atoms with E-state index in [1.807, 2.05) is 11.8 Å². The molecular weight excluding hydrogens is 397 g/mol. The van der Waals surface area contributed by atoms with Crippen molar-refractivity contribution in [2.24, 2.45) is 0 Å². The number of rotatable bonds is 4. The number of halogens is 3. The molecular formula is C21H25F3N4O2. The minimum atomic E-state index is -4.43. The van der Waals surface area contributed by atoms with Crippen LogP contribution in [0, 0.1) is 0 Å². The first-order chi connectivity index (χ1) is 14.3. The van der Waals surface area contributed by atoms with E-state index < -0.39 is 11.7 Å². The molecule has 30 heavy (non-hydrogen) atoms. The zero-order valence-electron chi connectivity index (χ0n) is 17.0. The molecule has 162 valence electrons. The molecule has 0 N–H and O–H groups in total. The summed E-state index contributed by atoms with van der Waals surface area (Å²) in [6.07, 6.45) is -0.433. The van der Waals surface area contributed by atoms with Gasteiger partial charge in [-0.2, -0.15) is 18.2 Å². The number of carbonyl (C=O) groups excluding carboxylic acids is 1. The van der Waals surface area contributed by atoms with E-state index in [1.54, 1.807) is 6.92 Å². The number of hydrogen-bond acceptors (Lipinski definition) is 5. The molecule has 2 saturated heterocycles. The van der Waals surface area contributed by atoms with Crippen molar-refractivity contribution in [2.45, 2.75) is 63.8 Å². The van der Waals surface area contributed by atoms with E-state index in [4.69, 9.17) is 4.52 Å². The van der Waals surface area contributed by atoms with Crippen LogP contribution in [0.3, 0.4) is 0 Å². The summed E-state index contributed by atoms with van der Waals surface area (Å²) in [5, 5.41) is 3.92. The number of carbonyl (C=O) groups is 1. The van der Waals surface area contributed by atoms with Gasteiger partial charge in [-0.05, 0) is 51.3 Å². The lowest BCUT2D eigenvalue weighted by atomic mass is 10.0. The molecule has 0 aliphatic carbocycles. The molecule has 1 aromatic heterocycles. The molecule has 4 rings (SSSR count). The Kier molecular flexibility index (Phi) is 5.57. The highest BCUT2D eigenvalue weighted by Crippen LogP contribution is 2.36. The van der Waals surface area contributed by atoms with E-state index in [1.165, 1.54) is 12.1 Å². The highest BCUT2D eigenvalue weighted by Gasteiger charge is 2.41. The highest BCUT2D eigenvalue weighted by atomic mass is 19.4. The first-order valence-corrected chi connectivity index (χ1v) is 10.3. The zero-order valence-corrected chi connectivity index (χ0v) is 17.0. The van der Waals surface area contributed by atoms with Crippen LogP contribution < -0.4 is 0 Å². The summed E-state index contributed by atoms with van der Waals surface area (Å²) in [6.45, 7) is 5.23. The quantitative estimate of drug-likeness (QED) is 0.736. The summed E-state index contributed by atoms with van der Waals surface area (Å²) in [5.41, 5.74) is -0.479. The van der Waals surface area contributed by atoms with Crippen molar-refractivity contribution < 1.29 is 22.5 Å². The van der Waals surface area contributed by atoms with Gasteiger partial charge >= 0.3 is 6.18 Å². The lowest BCUT2D eigenvalue weighted by Gasteiger charge is -2.36. The summed E-state index contributed by atoms with van der Waals surface area (Å²) in [6, 6.07) is 5.14. The number of amides is 1. The summed E-state index contributed by atoms with van der Waals surface area (Å²) in [7, 11) is 0. The fraction of sp³-hybridized carbons (Fsp3) is 0.571. The van der Waals surface area contributed by atoms with Crippen LogP contribution in [0.4, 0.5) is 13.2 Å². The molecule has 1 amide bonds. The Bertz CT molecular complexity index is 914. The maximum Gasteiger partial charge on any atom is 0.416 e. The third-order valence-corrected chi connectivity index (χ3v) is 6.23. The van der Waals surface area contributed by atoms with Crippen molar-refractivity contribution in [3.05, 3.63) is 35.7 Å². The number of aromatic nitrogens is 2. The number of hydrogen-bond donors (Lipinski definition) is 0. The molecule has 3 unspecified atom stereocenters. The van der Waals surface area contributed by atoms with E-state index in [2.05, 4.69) is 15.0 Å². The van der Waals surface area contributed by atoms with Gasteiger partial charge < -0.3 is 9.42 Å². The molecule has 6 nitrogen and oxygen atoms in total. The van der Waals surface area contributed by atoms with Gasteiger partial charge in [0.05, 0.1) is 11.6 Å². The maximum atomic E-state index is 13.0. The van der Waals surface area contributed by atoms with Crippen molar-refractivity contribution in [3.8, 4) is 11.4 Å². The monoisotopic (exact) mass is 422 g/mol. The SMILES string of the molecule is CC(=O)N1CCCC1C1CCCN1C(C)c1nc(-c2cccc(C(F)(F)F)c2)no1. The van der Waals surface area contributed by atoms with Crippen LogP contribution in [0.15, 0.2) is 28.8 Å².